The van der Waals surface area contributed by atoms with Crippen molar-refractivity contribution in [3.8, 4) is 11.5 Å². The molecule has 0 aromatic heterocycles. The summed E-state index contributed by atoms with van der Waals surface area (Å²) in [5.41, 5.74) is -0.0485. The Bertz CT molecular complexity index is 2480. The fourth-order valence-electron chi connectivity index (χ4n) is 6.76. The van der Waals surface area contributed by atoms with Crippen molar-refractivity contribution in [2.24, 2.45) is 0 Å². The van der Waals surface area contributed by atoms with Gasteiger partial charge in [0.15, 0.2) is 0 Å². The molecular formula is C40H30N2O8. The van der Waals surface area contributed by atoms with E-state index in [4.69, 9.17) is 9.47 Å². The molecule has 0 fully saturated rings. The van der Waals surface area contributed by atoms with Crippen LogP contribution in [0.15, 0.2) is 97.1 Å². The summed E-state index contributed by atoms with van der Waals surface area (Å²) in [6.07, 6.45) is 0. The van der Waals surface area contributed by atoms with Crippen LogP contribution in [0.1, 0.15) is 52.6 Å². The first-order valence-corrected chi connectivity index (χ1v) is 15.7. The van der Waals surface area contributed by atoms with Gasteiger partial charge in [-0.15, -0.1) is 0 Å². The quantitative estimate of drug-likeness (QED) is 0.0899. The van der Waals surface area contributed by atoms with Crippen LogP contribution in [0.25, 0.3) is 43.1 Å². The largest absolute Gasteiger partial charge is 0.497 e. The second-order valence-corrected chi connectivity index (χ2v) is 11.8. The molecule has 0 bridgehead atoms. The zero-order chi connectivity index (χ0) is 35.1. The monoisotopic (exact) mass is 666 g/mol. The third kappa shape index (κ3) is 5.32. The second kappa shape index (κ2) is 12.7. The number of amides is 2. The maximum Gasteiger partial charge on any atom is 0.337 e. The van der Waals surface area contributed by atoms with Crippen molar-refractivity contribution >= 4 is 66.8 Å². The SMILES string of the molecule is COc1ccc(CNC(=O)c2c(C(=O)O)c3c(C(=O)O)ccc4c5cccc6cccc(c(c2C(=O)NCc2ccc(OC)cc2)c34)c65)cc1. The lowest BCUT2D eigenvalue weighted by Gasteiger charge is -2.23. The summed E-state index contributed by atoms with van der Waals surface area (Å²) < 4.78 is 10.5. The zero-order valence-corrected chi connectivity index (χ0v) is 27.0. The summed E-state index contributed by atoms with van der Waals surface area (Å²) in [7, 11) is 3.08. The molecule has 7 rings (SSSR count). The van der Waals surface area contributed by atoms with Gasteiger partial charge >= 0.3 is 11.9 Å². The lowest BCUT2D eigenvalue weighted by molar-refractivity contribution is 0.0692. The number of hydrogen-bond donors (Lipinski definition) is 4. The van der Waals surface area contributed by atoms with Crippen molar-refractivity contribution in [3.05, 3.63) is 130 Å². The van der Waals surface area contributed by atoms with Gasteiger partial charge < -0.3 is 30.3 Å². The second-order valence-electron chi connectivity index (χ2n) is 11.8. The highest BCUT2D eigenvalue weighted by molar-refractivity contribution is 6.40. The highest BCUT2D eigenvalue weighted by atomic mass is 16.5. The van der Waals surface area contributed by atoms with Gasteiger partial charge in [0.25, 0.3) is 11.8 Å². The molecular weight excluding hydrogens is 636 g/mol. The maximum atomic E-state index is 14.6. The molecule has 0 aliphatic carbocycles. The summed E-state index contributed by atoms with van der Waals surface area (Å²) in [4.78, 5) is 55.0. The van der Waals surface area contributed by atoms with E-state index in [2.05, 4.69) is 10.6 Å². The Labute approximate surface area is 285 Å². The molecule has 0 saturated heterocycles. The van der Waals surface area contributed by atoms with E-state index in [0.717, 1.165) is 21.7 Å². The number of fused-ring (bicyclic) bond motifs is 2. The molecule has 2 amide bonds. The topological polar surface area (TPSA) is 151 Å². The molecule has 248 valence electrons. The van der Waals surface area contributed by atoms with Crippen molar-refractivity contribution in [3.63, 3.8) is 0 Å². The van der Waals surface area contributed by atoms with Crippen LogP contribution in [-0.4, -0.2) is 48.2 Å². The molecule has 10 nitrogen and oxygen atoms in total. The molecule has 0 saturated carbocycles. The van der Waals surface area contributed by atoms with Gasteiger partial charge in [0.2, 0.25) is 0 Å². The summed E-state index contributed by atoms with van der Waals surface area (Å²) in [6, 6.07) is 28.2. The van der Waals surface area contributed by atoms with Crippen molar-refractivity contribution in [1.29, 1.82) is 0 Å². The Morgan fingerprint density at radius 3 is 1.56 bits per heavy atom. The van der Waals surface area contributed by atoms with Crippen molar-refractivity contribution in [2.45, 2.75) is 13.1 Å². The van der Waals surface area contributed by atoms with E-state index in [1.165, 1.54) is 13.2 Å². The maximum absolute atomic E-state index is 14.6. The van der Waals surface area contributed by atoms with Crippen LogP contribution in [0.4, 0.5) is 0 Å². The smallest absolute Gasteiger partial charge is 0.337 e. The number of carboxylic acids is 2. The van der Waals surface area contributed by atoms with E-state index in [-0.39, 0.29) is 40.4 Å². The van der Waals surface area contributed by atoms with Gasteiger partial charge in [0, 0.05) is 23.9 Å². The number of carbonyl (C=O) groups excluding carboxylic acids is 2. The molecule has 4 N–H and O–H groups in total. The summed E-state index contributed by atoms with van der Waals surface area (Å²) in [5, 5.41) is 30.8. The first-order valence-electron chi connectivity index (χ1n) is 15.7. The number of methoxy groups -OCH3 is 2. The van der Waals surface area contributed by atoms with Gasteiger partial charge in [-0.3, -0.25) is 9.59 Å². The number of ether oxygens (including phenoxy) is 2. The first-order chi connectivity index (χ1) is 24.2. The highest BCUT2D eigenvalue weighted by Gasteiger charge is 2.34. The summed E-state index contributed by atoms with van der Waals surface area (Å²) in [6.45, 7) is 0.0465. The Kier molecular flexibility index (Phi) is 8.12. The third-order valence-corrected chi connectivity index (χ3v) is 9.04. The van der Waals surface area contributed by atoms with Gasteiger partial charge in [-0.1, -0.05) is 66.7 Å². The number of carbonyl (C=O) groups is 4. The van der Waals surface area contributed by atoms with Gasteiger partial charge in [-0.05, 0) is 73.8 Å². The zero-order valence-electron chi connectivity index (χ0n) is 27.0. The predicted octanol–water partition coefficient (Wildman–Crippen LogP) is 7.01. The lowest BCUT2D eigenvalue weighted by atomic mass is 9.81. The lowest BCUT2D eigenvalue weighted by Crippen LogP contribution is -2.32. The van der Waals surface area contributed by atoms with Crippen LogP contribution in [0.3, 0.4) is 0 Å². The van der Waals surface area contributed by atoms with E-state index in [9.17, 15) is 29.4 Å². The van der Waals surface area contributed by atoms with Crippen molar-refractivity contribution in [1.82, 2.24) is 10.6 Å². The van der Waals surface area contributed by atoms with Gasteiger partial charge in [-0.25, -0.2) is 9.59 Å². The van der Waals surface area contributed by atoms with Gasteiger partial charge in [-0.2, -0.15) is 0 Å². The normalized spacial score (nSPS) is 11.2. The number of benzene rings is 7. The molecule has 0 heterocycles. The van der Waals surface area contributed by atoms with Crippen LogP contribution in [0.2, 0.25) is 0 Å². The van der Waals surface area contributed by atoms with Crippen LogP contribution in [0, 0.1) is 0 Å². The van der Waals surface area contributed by atoms with E-state index in [1.54, 1.807) is 67.8 Å². The molecule has 0 unspecified atom stereocenters. The minimum atomic E-state index is -1.55. The molecule has 0 atom stereocenters. The van der Waals surface area contributed by atoms with E-state index < -0.39 is 34.9 Å². The molecule has 0 spiro atoms. The third-order valence-electron chi connectivity index (χ3n) is 9.04. The molecule has 50 heavy (non-hydrogen) atoms. The van der Waals surface area contributed by atoms with Crippen LogP contribution < -0.4 is 20.1 Å². The predicted molar refractivity (Wildman–Crippen MR) is 190 cm³/mol. The summed E-state index contributed by atoms with van der Waals surface area (Å²) in [5.74, 6) is -3.22. The minimum absolute atomic E-state index is 0.00753. The fourth-order valence-corrected chi connectivity index (χ4v) is 6.76. The van der Waals surface area contributed by atoms with Crippen LogP contribution >= 0.6 is 0 Å². The number of nitrogens with one attached hydrogen (secondary N) is 2. The number of aromatic carboxylic acids is 2. The molecule has 7 aromatic carbocycles. The highest BCUT2D eigenvalue weighted by Crippen LogP contribution is 2.45. The Balaban J connectivity index is 1.54. The van der Waals surface area contributed by atoms with E-state index in [0.29, 0.717) is 27.8 Å². The molecule has 7 aromatic rings. The number of rotatable bonds is 10. The standard InChI is InChI=1S/C40H30N2O8/c1-49-24-13-9-21(10-14-24)19-41-37(43)34-32-28-8-4-6-23-5-3-7-26(30(23)28)27-17-18-29(39(45)46)33(31(27)32)36(40(47)48)35(34)38(44)42-20-22-11-15-25(50-2)16-12-22/h3-18H,19-20H2,1-2H3,(H,41,43)(H,42,44)(H,45,46)(H,47,48). The van der Waals surface area contributed by atoms with Gasteiger partial charge in [0.05, 0.1) is 36.5 Å². The van der Waals surface area contributed by atoms with E-state index in [1.807, 2.05) is 30.3 Å². The summed E-state index contributed by atoms with van der Waals surface area (Å²) >= 11 is 0. The van der Waals surface area contributed by atoms with Crippen molar-refractivity contribution in [2.75, 3.05) is 14.2 Å². The van der Waals surface area contributed by atoms with Crippen LogP contribution in [-0.2, 0) is 13.1 Å². The first kappa shape index (κ1) is 31.9. The van der Waals surface area contributed by atoms with Crippen molar-refractivity contribution < 1.29 is 38.9 Å². The van der Waals surface area contributed by atoms with Crippen LogP contribution in [0.5, 0.6) is 11.5 Å². The fraction of sp³-hybridized carbons (Fsp3) is 0.100. The Morgan fingerprint density at radius 1 is 0.520 bits per heavy atom. The number of hydrogen-bond acceptors (Lipinski definition) is 6. The average molecular weight is 667 g/mol. The average Bonchev–Trinajstić information content (AvgIpc) is 3.14. The molecule has 0 aliphatic rings. The van der Waals surface area contributed by atoms with E-state index >= 15 is 0 Å². The van der Waals surface area contributed by atoms with Gasteiger partial charge in [0.1, 0.15) is 11.5 Å². The Morgan fingerprint density at radius 2 is 1.04 bits per heavy atom. The number of carboxylic acid groups (broad SMARTS) is 2. The minimum Gasteiger partial charge on any atom is -0.497 e. The molecule has 0 aliphatic heterocycles. The Hall–Kier alpha value is -6.68. The molecule has 10 heteroatoms. The molecule has 0 radical (unpaired) electrons.